The number of para-hydroxylation sites is 1. The van der Waals surface area contributed by atoms with Gasteiger partial charge in [-0.05, 0) is 43.5 Å². The molecule has 1 aliphatic rings. The highest BCUT2D eigenvalue weighted by molar-refractivity contribution is 5.95. The van der Waals surface area contributed by atoms with Gasteiger partial charge >= 0.3 is 0 Å². The van der Waals surface area contributed by atoms with Gasteiger partial charge in [0.15, 0.2) is 0 Å². The van der Waals surface area contributed by atoms with E-state index in [9.17, 15) is 4.79 Å². The fraction of sp³-hybridized carbons (Fsp3) is 0.211. The van der Waals surface area contributed by atoms with Crippen LogP contribution in [0.2, 0.25) is 0 Å². The molecule has 0 fully saturated rings. The Kier molecular flexibility index (Phi) is 4.16. The normalized spacial score (nSPS) is 16.1. The molecule has 2 N–H and O–H groups in total. The van der Waals surface area contributed by atoms with Gasteiger partial charge in [0.05, 0.1) is 18.3 Å². The summed E-state index contributed by atoms with van der Waals surface area (Å²) in [6, 6.07) is 13.0. The zero-order valence-corrected chi connectivity index (χ0v) is 13.6. The molecule has 2 heterocycles. The monoisotopic (exact) mass is 334 g/mol. The first-order valence-electron chi connectivity index (χ1n) is 8.31. The summed E-state index contributed by atoms with van der Waals surface area (Å²) in [5, 5.41) is 9.92. The van der Waals surface area contributed by atoms with Crippen LogP contribution in [0, 0.1) is 0 Å². The Hall–Kier alpha value is -3.15. The molecule has 0 saturated heterocycles. The summed E-state index contributed by atoms with van der Waals surface area (Å²) in [6.07, 6.45) is 6.11. The van der Waals surface area contributed by atoms with Crippen LogP contribution in [0.3, 0.4) is 0 Å². The largest absolute Gasteiger partial charge is 0.456 e. The third kappa shape index (κ3) is 3.38. The number of nitrogens with one attached hydrogen (secondary N) is 2. The molecule has 0 unspecified atom stereocenters. The van der Waals surface area contributed by atoms with Crippen LogP contribution in [-0.2, 0) is 11.2 Å². The molecule has 4 rings (SSSR count). The van der Waals surface area contributed by atoms with Crippen molar-refractivity contribution in [3.8, 4) is 11.5 Å². The first kappa shape index (κ1) is 15.4. The van der Waals surface area contributed by atoms with Gasteiger partial charge in [-0.25, -0.2) is 4.98 Å². The summed E-state index contributed by atoms with van der Waals surface area (Å²) in [5.74, 6) is 1.66. The van der Waals surface area contributed by atoms with Crippen LogP contribution in [0.4, 0.5) is 5.82 Å². The number of nitrogens with zero attached hydrogens (tertiary/aromatic N) is 2. The minimum Gasteiger partial charge on any atom is -0.456 e. The van der Waals surface area contributed by atoms with Crippen LogP contribution in [0.1, 0.15) is 30.0 Å². The number of rotatable bonds is 4. The lowest BCUT2D eigenvalue weighted by Gasteiger charge is -2.20. The van der Waals surface area contributed by atoms with Crippen molar-refractivity contribution in [2.75, 3.05) is 5.32 Å². The number of pyridine rings is 1. The lowest BCUT2D eigenvalue weighted by atomic mass is 9.86. The minimum atomic E-state index is -0.176. The van der Waals surface area contributed by atoms with E-state index >= 15 is 0 Å². The Morgan fingerprint density at radius 3 is 2.80 bits per heavy atom. The number of aryl methyl sites for hydroxylation is 1. The average molecular weight is 334 g/mol. The molecule has 1 aromatic carbocycles. The number of amides is 1. The molecule has 0 aliphatic heterocycles. The number of fused-ring (bicyclic) bond motifs is 1. The number of hydrogen-bond acceptors (Lipinski definition) is 4. The summed E-state index contributed by atoms with van der Waals surface area (Å²) in [6.45, 7) is 0. The van der Waals surface area contributed by atoms with Gasteiger partial charge in [0.25, 0.3) is 0 Å². The lowest BCUT2D eigenvalue weighted by Crippen LogP contribution is -2.24. The number of ether oxygens (including phenoxy) is 1. The second-order valence-corrected chi connectivity index (χ2v) is 6.03. The molecular weight excluding hydrogens is 316 g/mol. The summed E-state index contributed by atoms with van der Waals surface area (Å²) in [5.41, 5.74) is 2.05. The van der Waals surface area contributed by atoms with Gasteiger partial charge in [0.1, 0.15) is 17.3 Å². The van der Waals surface area contributed by atoms with E-state index in [1.807, 2.05) is 30.3 Å². The Morgan fingerprint density at radius 2 is 2.00 bits per heavy atom. The van der Waals surface area contributed by atoms with Gasteiger partial charge in [0.2, 0.25) is 5.91 Å². The average Bonchev–Trinajstić information content (AvgIpc) is 3.13. The summed E-state index contributed by atoms with van der Waals surface area (Å²) >= 11 is 0. The number of anilines is 1. The fourth-order valence-electron chi connectivity index (χ4n) is 3.09. The Morgan fingerprint density at radius 1 is 1.12 bits per heavy atom. The smallest absolute Gasteiger partial charge is 0.233 e. The topological polar surface area (TPSA) is 79.9 Å². The van der Waals surface area contributed by atoms with Gasteiger partial charge in [0, 0.05) is 11.3 Å². The van der Waals surface area contributed by atoms with E-state index < -0.39 is 0 Å². The third-order valence-corrected chi connectivity index (χ3v) is 4.33. The Bertz CT molecular complexity index is 859. The molecule has 25 heavy (non-hydrogen) atoms. The predicted molar refractivity (Wildman–Crippen MR) is 93.6 cm³/mol. The second-order valence-electron chi connectivity index (χ2n) is 6.03. The molecule has 6 nitrogen and oxygen atoms in total. The van der Waals surface area contributed by atoms with Crippen LogP contribution in [0.25, 0.3) is 0 Å². The number of aromatic amines is 1. The SMILES string of the molecule is O=C(Nc1ccc(Oc2ccccc2)cn1)[C@@H]1CCCc2[nH]ncc21. The van der Waals surface area contributed by atoms with E-state index in [1.54, 1.807) is 24.5 Å². The molecule has 1 atom stereocenters. The Labute approximate surface area is 145 Å². The predicted octanol–water partition coefficient (Wildman–Crippen LogP) is 3.66. The van der Waals surface area contributed by atoms with Crippen molar-refractivity contribution in [3.63, 3.8) is 0 Å². The number of aromatic nitrogens is 3. The Balaban J connectivity index is 1.42. The van der Waals surface area contributed by atoms with Crippen LogP contribution in [-0.4, -0.2) is 21.1 Å². The number of benzene rings is 1. The first-order valence-corrected chi connectivity index (χ1v) is 8.31. The van der Waals surface area contributed by atoms with Gasteiger partial charge in [-0.2, -0.15) is 5.10 Å². The molecule has 0 radical (unpaired) electrons. The van der Waals surface area contributed by atoms with Crippen LogP contribution in [0.15, 0.2) is 54.9 Å². The highest BCUT2D eigenvalue weighted by Gasteiger charge is 2.28. The van der Waals surface area contributed by atoms with E-state index in [1.165, 1.54) is 0 Å². The van der Waals surface area contributed by atoms with Gasteiger partial charge < -0.3 is 10.1 Å². The summed E-state index contributed by atoms with van der Waals surface area (Å²) in [4.78, 5) is 16.9. The van der Waals surface area contributed by atoms with E-state index in [4.69, 9.17) is 4.74 Å². The fourth-order valence-corrected chi connectivity index (χ4v) is 3.09. The molecule has 0 saturated carbocycles. The molecule has 2 aromatic heterocycles. The van der Waals surface area contributed by atoms with E-state index in [2.05, 4.69) is 20.5 Å². The van der Waals surface area contributed by atoms with E-state index in [0.29, 0.717) is 11.6 Å². The summed E-state index contributed by atoms with van der Waals surface area (Å²) < 4.78 is 5.70. The van der Waals surface area contributed by atoms with Crippen LogP contribution < -0.4 is 10.1 Å². The number of H-pyrrole nitrogens is 1. The number of carbonyl (C=O) groups is 1. The van der Waals surface area contributed by atoms with Crippen LogP contribution >= 0.6 is 0 Å². The van der Waals surface area contributed by atoms with E-state index in [0.717, 1.165) is 36.3 Å². The molecule has 0 bridgehead atoms. The molecule has 0 spiro atoms. The molecule has 126 valence electrons. The highest BCUT2D eigenvalue weighted by atomic mass is 16.5. The zero-order chi connectivity index (χ0) is 17.1. The van der Waals surface area contributed by atoms with Gasteiger partial charge in [-0.1, -0.05) is 18.2 Å². The maximum absolute atomic E-state index is 12.6. The van der Waals surface area contributed by atoms with E-state index in [-0.39, 0.29) is 11.8 Å². The van der Waals surface area contributed by atoms with Gasteiger partial charge in [-0.3, -0.25) is 9.89 Å². The van der Waals surface area contributed by atoms with Crippen molar-refractivity contribution in [2.24, 2.45) is 0 Å². The summed E-state index contributed by atoms with van der Waals surface area (Å²) in [7, 11) is 0. The quantitative estimate of drug-likeness (QED) is 0.763. The van der Waals surface area contributed by atoms with Crippen molar-refractivity contribution in [2.45, 2.75) is 25.2 Å². The molecule has 1 amide bonds. The third-order valence-electron chi connectivity index (χ3n) is 4.33. The van der Waals surface area contributed by atoms with Crippen molar-refractivity contribution >= 4 is 11.7 Å². The maximum atomic E-state index is 12.6. The van der Waals surface area contributed by atoms with Crippen molar-refractivity contribution in [1.29, 1.82) is 0 Å². The molecule has 3 aromatic rings. The number of carbonyl (C=O) groups excluding carboxylic acids is 1. The van der Waals surface area contributed by atoms with Crippen molar-refractivity contribution in [1.82, 2.24) is 15.2 Å². The lowest BCUT2D eigenvalue weighted by molar-refractivity contribution is -0.117. The standard InChI is InChI=1S/C19H18N4O2/c24-19(15-7-4-8-17-16(15)12-21-23-17)22-18-10-9-14(11-20-18)25-13-5-2-1-3-6-13/h1-3,5-6,9-12,15H,4,7-8H2,(H,21,23)(H,20,22,24)/t15-/m1/s1. The minimum absolute atomic E-state index is 0.0495. The first-order chi connectivity index (χ1) is 12.3. The van der Waals surface area contributed by atoms with Crippen molar-refractivity contribution in [3.05, 3.63) is 66.1 Å². The molecule has 1 aliphatic carbocycles. The molecular formula is C19H18N4O2. The van der Waals surface area contributed by atoms with Crippen molar-refractivity contribution < 1.29 is 9.53 Å². The van der Waals surface area contributed by atoms with Gasteiger partial charge in [-0.15, -0.1) is 0 Å². The molecule has 6 heteroatoms. The second kappa shape index (κ2) is 6.76. The van der Waals surface area contributed by atoms with Crippen LogP contribution in [0.5, 0.6) is 11.5 Å². The number of hydrogen-bond donors (Lipinski definition) is 2. The maximum Gasteiger partial charge on any atom is 0.233 e. The zero-order valence-electron chi connectivity index (χ0n) is 13.6. The highest BCUT2D eigenvalue weighted by Crippen LogP contribution is 2.31.